The molecular formula is C9H12F2O3. The molecule has 1 rings (SSSR count). The molecule has 0 amide bonds. The average molecular weight is 206 g/mol. The summed E-state index contributed by atoms with van der Waals surface area (Å²) in [7, 11) is 0. The van der Waals surface area contributed by atoms with Crippen molar-refractivity contribution in [2.24, 2.45) is 5.41 Å². The van der Waals surface area contributed by atoms with Crippen molar-refractivity contribution < 1.29 is 23.5 Å². The molecule has 1 unspecified atom stereocenters. The standard InChI is InChI=1S/C9H12F2O3/c10-7(11)5-9(8(13)14)4-2-1-3-6(9)12/h7H,1-5H2,(H,13,14). The van der Waals surface area contributed by atoms with Crippen LogP contribution < -0.4 is 0 Å². The van der Waals surface area contributed by atoms with Crippen LogP contribution in [0.2, 0.25) is 0 Å². The van der Waals surface area contributed by atoms with E-state index in [1.807, 2.05) is 0 Å². The molecule has 1 aliphatic carbocycles. The van der Waals surface area contributed by atoms with Crippen molar-refractivity contribution in [2.45, 2.75) is 38.5 Å². The van der Waals surface area contributed by atoms with Gasteiger partial charge in [-0.15, -0.1) is 0 Å². The number of hydrogen-bond acceptors (Lipinski definition) is 2. The van der Waals surface area contributed by atoms with Crippen molar-refractivity contribution in [3.8, 4) is 0 Å². The lowest BCUT2D eigenvalue weighted by Gasteiger charge is -2.31. The fourth-order valence-corrected chi connectivity index (χ4v) is 1.88. The fourth-order valence-electron chi connectivity index (χ4n) is 1.88. The van der Waals surface area contributed by atoms with Crippen molar-refractivity contribution in [1.29, 1.82) is 0 Å². The van der Waals surface area contributed by atoms with E-state index < -0.39 is 30.0 Å². The molecule has 14 heavy (non-hydrogen) atoms. The summed E-state index contributed by atoms with van der Waals surface area (Å²) >= 11 is 0. The summed E-state index contributed by atoms with van der Waals surface area (Å²) in [5.74, 6) is -1.95. The Bertz CT molecular complexity index is 252. The lowest BCUT2D eigenvalue weighted by atomic mass is 9.71. The summed E-state index contributed by atoms with van der Waals surface area (Å²) in [6.07, 6.45) is -2.29. The van der Waals surface area contributed by atoms with Gasteiger partial charge in [0.05, 0.1) is 0 Å². The second kappa shape index (κ2) is 4.02. The molecule has 1 aliphatic rings. The van der Waals surface area contributed by atoms with E-state index in [4.69, 9.17) is 5.11 Å². The van der Waals surface area contributed by atoms with Crippen LogP contribution >= 0.6 is 0 Å². The summed E-state index contributed by atoms with van der Waals surface area (Å²) in [5, 5.41) is 8.85. The second-order valence-electron chi connectivity index (χ2n) is 3.61. The SMILES string of the molecule is O=C(O)C1(CC(F)F)CCCCC1=O. The first kappa shape index (κ1) is 11.1. The van der Waals surface area contributed by atoms with Gasteiger partial charge in [0.2, 0.25) is 6.43 Å². The Morgan fingerprint density at radius 3 is 2.57 bits per heavy atom. The number of halogens is 2. The molecule has 0 saturated heterocycles. The van der Waals surface area contributed by atoms with Gasteiger partial charge in [-0.25, -0.2) is 8.78 Å². The minimum Gasteiger partial charge on any atom is -0.480 e. The molecule has 0 aliphatic heterocycles. The average Bonchev–Trinajstić information content (AvgIpc) is 2.08. The molecule has 3 nitrogen and oxygen atoms in total. The van der Waals surface area contributed by atoms with Gasteiger partial charge in [0.15, 0.2) is 0 Å². The molecule has 0 heterocycles. The van der Waals surface area contributed by atoms with Gasteiger partial charge in [-0.3, -0.25) is 9.59 Å². The molecule has 80 valence electrons. The molecule has 1 N–H and O–H groups in total. The predicted molar refractivity (Wildman–Crippen MR) is 44.2 cm³/mol. The number of carboxylic acids is 1. The quantitative estimate of drug-likeness (QED) is 0.717. The Balaban J connectivity index is 2.89. The van der Waals surface area contributed by atoms with Gasteiger partial charge in [0.1, 0.15) is 11.2 Å². The van der Waals surface area contributed by atoms with E-state index in [-0.39, 0.29) is 12.8 Å². The van der Waals surface area contributed by atoms with Crippen LogP contribution in [-0.4, -0.2) is 23.3 Å². The van der Waals surface area contributed by atoms with Crippen molar-refractivity contribution in [3.05, 3.63) is 0 Å². The summed E-state index contributed by atoms with van der Waals surface area (Å²) in [6.45, 7) is 0. The Morgan fingerprint density at radius 2 is 2.14 bits per heavy atom. The molecule has 1 saturated carbocycles. The van der Waals surface area contributed by atoms with Gasteiger partial charge < -0.3 is 5.11 Å². The maximum Gasteiger partial charge on any atom is 0.317 e. The first-order valence-electron chi connectivity index (χ1n) is 4.54. The molecule has 0 aromatic rings. The van der Waals surface area contributed by atoms with Gasteiger partial charge in [0, 0.05) is 12.8 Å². The van der Waals surface area contributed by atoms with Crippen molar-refractivity contribution in [2.75, 3.05) is 0 Å². The minimum absolute atomic E-state index is 0.0471. The van der Waals surface area contributed by atoms with E-state index in [0.29, 0.717) is 12.8 Å². The Labute approximate surface area is 80.1 Å². The summed E-state index contributed by atoms with van der Waals surface area (Å²) in [4.78, 5) is 22.2. The number of rotatable bonds is 3. The molecule has 0 aromatic carbocycles. The molecule has 0 spiro atoms. The second-order valence-corrected chi connectivity index (χ2v) is 3.61. The van der Waals surface area contributed by atoms with Crippen LogP contribution in [0.4, 0.5) is 8.78 Å². The van der Waals surface area contributed by atoms with E-state index in [2.05, 4.69) is 0 Å². The summed E-state index contributed by atoms with van der Waals surface area (Å²) < 4.78 is 24.4. The molecule has 1 fully saturated rings. The van der Waals surface area contributed by atoms with Crippen LogP contribution in [0.15, 0.2) is 0 Å². The maximum absolute atomic E-state index is 12.2. The fraction of sp³-hybridized carbons (Fsp3) is 0.778. The smallest absolute Gasteiger partial charge is 0.317 e. The first-order valence-corrected chi connectivity index (χ1v) is 4.54. The van der Waals surface area contributed by atoms with Gasteiger partial charge in [-0.2, -0.15) is 0 Å². The zero-order valence-electron chi connectivity index (χ0n) is 7.63. The number of Topliss-reactive ketones (excluding diaryl/α,β-unsaturated/α-hetero) is 1. The highest BCUT2D eigenvalue weighted by Gasteiger charge is 2.48. The predicted octanol–water partition coefficient (Wildman–Crippen LogP) is 1.86. The van der Waals surface area contributed by atoms with Crippen LogP contribution in [0.5, 0.6) is 0 Å². The van der Waals surface area contributed by atoms with Gasteiger partial charge in [-0.05, 0) is 12.8 Å². The van der Waals surface area contributed by atoms with Crippen molar-refractivity contribution in [1.82, 2.24) is 0 Å². The molecule has 5 heteroatoms. The van der Waals surface area contributed by atoms with Crippen LogP contribution in [-0.2, 0) is 9.59 Å². The Hall–Kier alpha value is -1.00. The molecule has 1 atom stereocenters. The third kappa shape index (κ3) is 1.91. The van der Waals surface area contributed by atoms with Crippen LogP contribution in [0, 0.1) is 5.41 Å². The number of ketones is 1. The lowest BCUT2D eigenvalue weighted by molar-refractivity contribution is -0.160. The Kier molecular flexibility index (Phi) is 3.18. The third-order valence-electron chi connectivity index (χ3n) is 2.70. The highest BCUT2D eigenvalue weighted by atomic mass is 19.3. The lowest BCUT2D eigenvalue weighted by Crippen LogP contribution is -2.43. The van der Waals surface area contributed by atoms with Crippen LogP contribution in [0.1, 0.15) is 32.1 Å². The van der Waals surface area contributed by atoms with E-state index >= 15 is 0 Å². The number of carbonyl (C=O) groups is 2. The molecule has 0 radical (unpaired) electrons. The molecule has 0 bridgehead atoms. The van der Waals surface area contributed by atoms with E-state index in [9.17, 15) is 18.4 Å². The van der Waals surface area contributed by atoms with E-state index in [0.717, 1.165) is 0 Å². The highest BCUT2D eigenvalue weighted by molar-refractivity contribution is 6.03. The van der Waals surface area contributed by atoms with E-state index in [1.165, 1.54) is 0 Å². The first-order chi connectivity index (χ1) is 6.49. The zero-order chi connectivity index (χ0) is 10.8. The maximum atomic E-state index is 12.2. The van der Waals surface area contributed by atoms with E-state index in [1.54, 1.807) is 0 Å². The van der Waals surface area contributed by atoms with Gasteiger partial charge >= 0.3 is 5.97 Å². The largest absolute Gasteiger partial charge is 0.480 e. The summed E-state index contributed by atoms with van der Waals surface area (Å²) in [6, 6.07) is 0. The molecular weight excluding hydrogens is 194 g/mol. The Morgan fingerprint density at radius 1 is 1.50 bits per heavy atom. The normalized spacial score (nSPS) is 28.1. The molecule has 0 aromatic heterocycles. The van der Waals surface area contributed by atoms with Gasteiger partial charge in [-0.1, -0.05) is 6.42 Å². The van der Waals surface area contributed by atoms with Crippen LogP contribution in [0.25, 0.3) is 0 Å². The van der Waals surface area contributed by atoms with Crippen molar-refractivity contribution in [3.63, 3.8) is 0 Å². The zero-order valence-corrected chi connectivity index (χ0v) is 7.63. The minimum atomic E-state index is -2.74. The third-order valence-corrected chi connectivity index (χ3v) is 2.70. The summed E-state index contributed by atoms with van der Waals surface area (Å²) in [5.41, 5.74) is -1.81. The van der Waals surface area contributed by atoms with Crippen LogP contribution in [0.3, 0.4) is 0 Å². The number of aliphatic carboxylic acids is 1. The van der Waals surface area contributed by atoms with Gasteiger partial charge in [0.25, 0.3) is 0 Å². The number of carboxylic acid groups (broad SMARTS) is 1. The number of alkyl halides is 2. The topological polar surface area (TPSA) is 54.4 Å². The highest BCUT2D eigenvalue weighted by Crippen LogP contribution is 2.38. The van der Waals surface area contributed by atoms with Crippen molar-refractivity contribution >= 4 is 11.8 Å². The number of hydrogen-bond donors (Lipinski definition) is 1. The number of carbonyl (C=O) groups excluding carboxylic acids is 1. The monoisotopic (exact) mass is 206 g/mol.